The van der Waals surface area contributed by atoms with Crippen LogP contribution >= 0.6 is 0 Å². The molecule has 0 aromatic heterocycles. The first-order valence-electron chi connectivity index (χ1n) is 6.20. The number of amides is 1. The van der Waals surface area contributed by atoms with Crippen LogP contribution in [0.15, 0.2) is 36.4 Å². The van der Waals surface area contributed by atoms with Crippen molar-refractivity contribution < 1.29 is 22.7 Å². The third kappa shape index (κ3) is 3.53. The number of anilines is 1. The molecule has 0 spiro atoms. The minimum Gasteiger partial charge on any atom is -0.494 e. The number of hydrogen-bond donors (Lipinski definition) is 1. The van der Waals surface area contributed by atoms with Crippen LogP contribution in [0.3, 0.4) is 0 Å². The number of carbonyl (C=O) groups excluding carboxylic acids is 1. The molecule has 0 heterocycles. The van der Waals surface area contributed by atoms with Gasteiger partial charge < -0.3 is 10.1 Å². The van der Waals surface area contributed by atoms with Gasteiger partial charge in [-0.2, -0.15) is 0 Å². The van der Waals surface area contributed by atoms with Crippen LogP contribution in [0, 0.1) is 17.5 Å². The summed E-state index contributed by atoms with van der Waals surface area (Å²) in [5, 5.41) is 2.46. The summed E-state index contributed by atoms with van der Waals surface area (Å²) in [6.45, 7) is 2.28. The van der Waals surface area contributed by atoms with Gasteiger partial charge in [0.05, 0.1) is 6.61 Å². The first-order chi connectivity index (χ1) is 10.0. The average molecular weight is 295 g/mol. The third-order valence-corrected chi connectivity index (χ3v) is 2.65. The quantitative estimate of drug-likeness (QED) is 0.872. The Morgan fingerprint density at radius 3 is 2.43 bits per heavy atom. The summed E-state index contributed by atoms with van der Waals surface area (Å²) in [5.41, 5.74) is 0.0873. The van der Waals surface area contributed by atoms with Crippen molar-refractivity contribution in [2.75, 3.05) is 11.9 Å². The van der Waals surface area contributed by atoms with Gasteiger partial charge in [-0.1, -0.05) is 6.07 Å². The summed E-state index contributed by atoms with van der Waals surface area (Å²) in [6.07, 6.45) is 0. The molecule has 21 heavy (non-hydrogen) atoms. The highest BCUT2D eigenvalue weighted by Crippen LogP contribution is 2.19. The lowest BCUT2D eigenvalue weighted by Crippen LogP contribution is -2.13. The van der Waals surface area contributed by atoms with Crippen LogP contribution in [0.25, 0.3) is 0 Å². The highest BCUT2D eigenvalue weighted by molar-refractivity contribution is 6.04. The third-order valence-electron chi connectivity index (χ3n) is 2.65. The maximum atomic E-state index is 13.1. The highest BCUT2D eigenvalue weighted by atomic mass is 19.2. The molecular formula is C15H12F3NO2. The lowest BCUT2D eigenvalue weighted by Gasteiger charge is -2.08. The maximum absolute atomic E-state index is 13.1. The monoisotopic (exact) mass is 295 g/mol. The molecule has 110 valence electrons. The predicted octanol–water partition coefficient (Wildman–Crippen LogP) is 3.75. The fourth-order valence-corrected chi connectivity index (χ4v) is 1.72. The Labute approximate surface area is 119 Å². The van der Waals surface area contributed by atoms with Crippen LogP contribution in [0.1, 0.15) is 17.3 Å². The number of ether oxygens (including phenoxy) is 1. The van der Waals surface area contributed by atoms with Crippen molar-refractivity contribution in [3.05, 3.63) is 59.4 Å². The summed E-state index contributed by atoms with van der Waals surface area (Å²) < 4.78 is 44.3. The minimum atomic E-state index is -1.61. The molecule has 0 saturated heterocycles. The molecular weight excluding hydrogens is 283 g/mol. The SMILES string of the molecule is CCOc1cccc(NC(=O)c2cc(F)c(F)c(F)c2)c1. The van der Waals surface area contributed by atoms with E-state index in [-0.39, 0.29) is 5.56 Å². The molecule has 0 radical (unpaired) electrons. The standard InChI is InChI=1S/C15H12F3NO2/c1-2-21-11-5-3-4-10(8-11)19-15(20)9-6-12(16)14(18)13(17)7-9/h3-8H,2H2,1H3,(H,19,20). The Hall–Kier alpha value is -2.50. The van der Waals surface area contributed by atoms with Crippen molar-refractivity contribution >= 4 is 11.6 Å². The van der Waals surface area contributed by atoms with E-state index in [1.807, 2.05) is 6.92 Å². The Bertz CT molecular complexity index is 651. The summed E-state index contributed by atoms with van der Waals surface area (Å²) >= 11 is 0. The van der Waals surface area contributed by atoms with E-state index < -0.39 is 23.4 Å². The number of benzene rings is 2. The van der Waals surface area contributed by atoms with E-state index in [0.29, 0.717) is 30.2 Å². The maximum Gasteiger partial charge on any atom is 0.255 e. The van der Waals surface area contributed by atoms with Crippen LogP contribution in [0.5, 0.6) is 5.75 Å². The molecule has 0 aliphatic rings. The van der Waals surface area contributed by atoms with Crippen molar-refractivity contribution in [3.8, 4) is 5.75 Å². The number of nitrogens with one attached hydrogen (secondary N) is 1. The molecule has 0 unspecified atom stereocenters. The molecule has 6 heteroatoms. The second-order valence-electron chi connectivity index (χ2n) is 4.17. The summed E-state index contributed by atoms with van der Waals surface area (Å²) in [7, 11) is 0. The van der Waals surface area contributed by atoms with Crippen LogP contribution in [-0.2, 0) is 0 Å². The van der Waals surface area contributed by atoms with Gasteiger partial charge in [-0.15, -0.1) is 0 Å². The van der Waals surface area contributed by atoms with Gasteiger partial charge in [0.25, 0.3) is 5.91 Å². The summed E-state index contributed by atoms with van der Waals surface area (Å²) in [6, 6.07) is 7.80. The van der Waals surface area contributed by atoms with Gasteiger partial charge in [0.1, 0.15) is 5.75 Å². The van der Waals surface area contributed by atoms with Gasteiger partial charge in [0, 0.05) is 17.3 Å². The van der Waals surface area contributed by atoms with E-state index in [4.69, 9.17) is 4.74 Å². The molecule has 2 aromatic carbocycles. The van der Waals surface area contributed by atoms with Crippen molar-refractivity contribution in [1.29, 1.82) is 0 Å². The molecule has 0 bridgehead atoms. The Morgan fingerprint density at radius 1 is 1.14 bits per heavy atom. The molecule has 2 rings (SSSR count). The summed E-state index contributed by atoms with van der Waals surface area (Å²) in [5.74, 6) is -4.63. The first kappa shape index (κ1) is 14.9. The number of carbonyl (C=O) groups is 1. The van der Waals surface area contributed by atoms with Crippen molar-refractivity contribution in [3.63, 3.8) is 0 Å². The number of hydrogen-bond acceptors (Lipinski definition) is 2. The van der Waals surface area contributed by atoms with Crippen LogP contribution < -0.4 is 10.1 Å². The molecule has 0 aliphatic carbocycles. The zero-order chi connectivity index (χ0) is 15.4. The molecule has 3 nitrogen and oxygen atoms in total. The normalized spacial score (nSPS) is 10.3. The highest BCUT2D eigenvalue weighted by Gasteiger charge is 2.15. The van der Waals surface area contributed by atoms with Gasteiger partial charge in [-0.25, -0.2) is 13.2 Å². The molecule has 2 aromatic rings. The minimum absolute atomic E-state index is 0.312. The van der Waals surface area contributed by atoms with Gasteiger partial charge in [0.2, 0.25) is 0 Å². The Balaban J connectivity index is 2.20. The largest absolute Gasteiger partial charge is 0.494 e. The molecule has 0 aliphatic heterocycles. The van der Waals surface area contributed by atoms with E-state index in [0.717, 1.165) is 0 Å². The number of rotatable bonds is 4. The van der Waals surface area contributed by atoms with E-state index >= 15 is 0 Å². The van der Waals surface area contributed by atoms with Gasteiger partial charge >= 0.3 is 0 Å². The Kier molecular flexibility index (Phi) is 4.47. The lowest BCUT2D eigenvalue weighted by atomic mass is 10.2. The molecule has 1 amide bonds. The van der Waals surface area contributed by atoms with E-state index in [1.165, 1.54) is 0 Å². The fraction of sp³-hybridized carbons (Fsp3) is 0.133. The molecule has 0 atom stereocenters. The second kappa shape index (κ2) is 6.30. The van der Waals surface area contributed by atoms with Crippen molar-refractivity contribution in [2.24, 2.45) is 0 Å². The van der Waals surface area contributed by atoms with Crippen LogP contribution in [0.2, 0.25) is 0 Å². The van der Waals surface area contributed by atoms with Crippen molar-refractivity contribution in [2.45, 2.75) is 6.92 Å². The van der Waals surface area contributed by atoms with Gasteiger partial charge in [-0.05, 0) is 31.2 Å². The first-order valence-corrected chi connectivity index (χ1v) is 6.20. The Morgan fingerprint density at radius 2 is 1.81 bits per heavy atom. The van der Waals surface area contributed by atoms with E-state index in [9.17, 15) is 18.0 Å². The topological polar surface area (TPSA) is 38.3 Å². The zero-order valence-corrected chi connectivity index (χ0v) is 11.1. The second-order valence-corrected chi connectivity index (χ2v) is 4.17. The van der Waals surface area contributed by atoms with E-state index in [2.05, 4.69) is 5.32 Å². The smallest absolute Gasteiger partial charge is 0.255 e. The van der Waals surface area contributed by atoms with Crippen LogP contribution in [-0.4, -0.2) is 12.5 Å². The molecule has 0 saturated carbocycles. The predicted molar refractivity (Wildman–Crippen MR) is 71.9 cm³/mol. The zero-order valence-electron chi connectivity index (χ0n) is 11.1. The van der Waals surface area contributed by atoms with Crippen molar-refractivity contribution in [1.82, 2.24) is 0 Å². The molecule has 1 N–H and O–H groups in total. The lowest BCUT2D eigenvalue weighted by molar-refractivity contribution is 0.102. The number of halogens is 3. The molecule has 0 fully saturated rings. The van der Waals surface area contributed by atoms with Gasteiger partial charge in [0.15, 0.2) is 17.5 Å². The fourth-order valence-electron chi connectivity index (χ4n) is 1.72. The van der Waals surface area contributed by atoms with E-state index in [1.54, 1.807) is 24.3 Å². The van der Waals surface area contributed by atoms with Crippen LogP contribution in [0.4, 0.5) is 18.9 Å². The van der Waals surface area contributed by atoms with Gasteiger partial charge in [-0.3, -0.25) is 4.79 Å². The average Bonchev–Trinajstić information content (AvgIpc) is 2.45. The summed E-state index contributed by atoms with van der Waals surface area (Å²) in [4.78, 5) is 11.9.